The van der Waals surface area contributed by atoms with Crippen LogP contribution in [0.4, 0.5) is 0 Å². The van der Waals surface area contributed by atoms with Crippen LogP contribution in [0.3, 0.4) is 0 Å². The molecule has 0 saturated carbocycles. The highest BCUT2D eigenvalue weighted by Crippen LogP contribution is 2.28. The minimum Gasteiger partial charge on any atom is -0.487 e. The van der Waals surface area contributed by atoms with Crippen LogP contribution in [0.25, 0.3) is 10.4 Å². The van der Waals surface area contributed by atoms with E-state index < -0.39 is 5.91 Å². The Morgan fingerprint density at radius 2 is 2.20 bits per heavy atom. The van der Waals surface area contributed by atoms with Crippen molar-refractivity contribution in [3.05, 3.63) is 60.6 Å². The smallest absolute Gasteiger partial charge is 0.262 e. The van der Waals surface area contributed by atoms with E-state index in [0.29, 0.717) is 15.8 Å². The first kappa shape index (κ1) is 14.7. The lowest BCUT2D eigenvalue weighted by Crippen LogP contribution is -1.99. The van der Waals surface area contributed by atoms with E-state index in [2.05, 4.69) is 10.0 Å². The van der Waals surface area contributed by atoms with Gasteiger partial charge in [0.15, 0.2) is 0 Å². The van der Waals surface area contributed by atoms with Crippen molar-refractivity contribution in [3.8, 4) is 5.75 Å². The molecule has 1 aromatic heterocycles. The Labute approximate surface area is 128 Å². The van der Waals surface area contributed by atoms with E-state index in [-0.39, 0.29) is 11.5 Å². The highest BCUT2D eigenvalue weighted by Gasteiger charge is 2.13. The largest absolute Gasteiger partial charge is 0.487 e. The average Bonchev–Trinajstić information content (AvgIpc) is 2.86. The fourth-order valence-electron chi connectivity index (χ4n) is 1.45. The number of azide groups is 1. The number of thiophene rings is 1. The summed E-state index contributed by atoms with van der Waals surface area (Å²) in [7, 11) is 0. The number of rotatable bonds is 4. The van der Waals surface area contributed by atoms with Gasteiger partial charge in [-0.25, -0.2) is 0 Å². The van der Waals surface area contributed by atoms with E-state index in [4.69, 9.17) is 33.5 Å². The van der Waals surface area contributed by atoms with Crippen LogP contribution in [-0.4, -0.2) is 5.91 Å². The Morgan fingerprint density at radius 3 is 2.90 bits per heavy atom. The van der Waals surface area contributed by atoms with E-state index in [1.165, 1.54) is 0 Å². The molecule has 102 valence electrons. The zero-order valence-electron chi connectivity index (χ0n) is 9.92. The summed E-state index contributed by atoms with van der Waals surface area (Å²) in [5, 5.41) is 5.74. The molecule has 2 rings (SSSR count). The summed E-state index contributed by atoms with van der Waals surface area (Å²) in [6.07, 6.45) is 0. The number of benzene rings is 1. The minimum absolute atomic E-state index is 0.184. The van der Waals surface area contributed by atoms with Crippen molar-refractivity contribution in [2.24, 2.45) is 5.11 Å². The Bertz CT molecular complexity index is 696. The maximum absolute atomic E-state index is 11.5. The number of hydrogen-bond donors (Lipinski definition) is 0. The van der Waals surface area contributed by atoms with Gasteiger partial charge in [0.25, 0.3) is 5.91 Å². The van der Waals surface area contributed by atoms with Crippen LogP contribution in [-0.2, 0) is 6.61 Å². The van der Waals surface area contributed by atoms with Gasteiger partial charge >= 0.3 is 0 Å². The molecule has 0 fully saturated rings. The van der Waals surface area contributed by atoms with Crippen molar-refractivity contribution in [2.75, 3.05) is 0 Å². The maximum Gasteiger partial charge on any atom is 0.262 e. The van der Waals surface area contributed by atoms with Crippen molar-refractivity contribution in [3.63, 3.8) is 0 Å². The zero-order chi connectivity index (χ0) is 14.5. The first-order chi connectivity index (χ1) is 9.61. The Kier molecular flexibility index (Phi) is 4.87. The molecule has 1 aromatic carbocycles. The summed E-state index contributed by atoms with van der Waals surface area (Å²) in [5.74, 6) is -0.307. The molecule has 1 heterocycles. The van der Waals surface area contributed by atoms with Crippen LogP contribution >= 0.6 is 34.5 Å². The summed E-state index contributed by atoms with van der Waals surface area (Å²) >= 11 is 13.0. The van der Waals surface area contributed by atoms with Gasteiger partial charge in [0.2, 0.25) is 0 Å². The van der Waals surface area contributed by atoms with Crippen molar-refractivity contribution in [1.29, 1.82) is 0 Å². The van der Waals surface area contributed by atoms with Crippen LogP contribution in [0, 0.1) is 0 Å². The second kappa shape index (κ2) is 6.63. The lowest BCUT2D eigenvalue weighted by atomic mass is 10.2. The van der Waals surface area contributed by atoms with E-state index in [1.54, 1.807) is 29.6 Å². The van der Waals surface area contributed by atoms with Gasteiger partial charge in [0.1, 0.15) is 17.2 Å². The number of nitrogens with zero attached hydrogens (tertiary/aromatic N) is 3. The average molecular weight is 328 g/mol. The van der Waals surface area contributed by atoms with Gasteiger partial charge in [-0.05, 0) is 34.2 Å². The summed E-state index contributed by atoms with van der Waals surface area (Å²) < 4.78 is 5.53. The van der Waals surface area contributed by atoms with Gasteiger partial charge in [-0.15, -0.1) is 11.3 Å². The lowest BCUT2D eigenvalue weighted by molar-refractivity contribution is 0.100. The molecule has 0 atom stereocenters. The minimum atomic E-state index is -0.667. The van der Waals surface area contributed by atoms with E-state index in [1.807, 2.05) is 0 Å². The molecule has 0 bridgehead atoms. The normalized spacial score (nSPS) is 9.90. The number of hydrogen-bond acceptors (Lipinski definition) is 3. The van der Waals surface area contributed by atoms with Crippen molar-refractivity contribution in [2.45, 2.75) is 6.61 Å². The van der Waals surface area contributed by atoms with Gasteiger partial charge in [-0.1, -0.05) is 29.3 Å². The second-order valence-corrected chi connectivity index (χ2v) is 5.39. The lowest BCUT2D eigenvalue weighted by Gasteiger charge is -2.07. The SMILES string of the molecule is [N-]=[N+]=NC(=O)c1sccc1OCc1ccc(Cl)cc1Cl. The molecular formula is C12H7Cl2N3O2S. The third-order valence-corrected chi connectivity index (χ3v) is 3.83. The van der Waals surface area contributed by atoms with Gasteiger partial charge in [-0.2, -0.15) is 0 Å². The first-order valence-electron chi connectivity index (χ1n) is 5.35. The molecule has 8 heteroatoms. The summed E-state index contributed by atoms with van der Waals surface area (Å²) in [6, 6.07) is 6.69. The van der Waals surface area contributed by atoms with E-state index in [9.17, 15) is 4.79 Å². The molecule has 20 heavy (non-hydrogen) atoms. The van der Waals surface area contributed by atoms with Crippen molar-refractivity contribution in [1.82, 2.24) is 0 Å². The molecule has 0 aliphatic carbocycles. The molecular weight excluding hydrogens is 321 g/mol. The number of carbonyl (C=O) groups excluding carboxylic acids is 1. The van der Waals surface area contributed by atoms with Gasteiger partial charge in [-0.3, -0.25) is 4.79 Å². The highest BCUT2D eigenvalue weighted by atomic mass is 35.5. The Hall–Kier alpha value is -1.72. The highest BCUT2D eigenvalue weighted by molar-refractivity contribution is 7.12. The fraction of sp³-hybridized carbons (Fsp3) is 0.0833. The van der Waals surface area contributed by atoms with E-state index in [0.717, 1.165) is 16.9 Å². The van der Waals surface area contributed by atoms with Gasteiger partial charge < -0.3 is 4.74 Å². The van der Waals surface area contributed by atoms with E-state index >= 15 is 0 Å². The number of carbonyl (C=O) groups is 1. The molecule has 0 spiro atoms. The third-order valence-electron chi connectivity index (χ3n) is 2.36. The molecule has 0 saturated heterocycles. The van der Waals surface area contributed by atoms with Crippen LogP contribution < -0.4 is 4.74 Å². The molecule has 2 aromatic rings. The summed E-state index contributed by atoms with van der Waals surface area (Å²) in [5.41, 5.74) is 9.01. The number of halogens is 2. The molecule has 0 N–H and O–H groups in total. The molecule has 0 unspecified atom stereocenters. The molecule has 0 aliphatic heterocycles. The number of ether oxygens (including phenoxy) is 1. The third kappa shape index (κ3) is 3.43. The molecule has 1 amide bonds. The van der Waals surface area contributed by atoms with Crippen LogP contribution in [0.2, 0.25) is 10.0 Å². The zero-order valence-corrected chi connectivity index (χ0v) is 12.2. The molecule has 5 nitrogen and oxygen atoms in total. The second-order valence-electron chi connectivity index (χ2n) is 3.63. The van der Waals surface area contributed by atoms with Crippen LogP contribution in [0.15, 0.2) is 34.8 Å². The quantitative estimate of drug-likeness (QED) is 0.445. The molecule has 0 radical (unpaired) electrons. The summed E-state index contributed by atoms with van der Waals surface area (Å²) in [6.45, 7) is 0.184. The number of amides is 1. The fourth-order valence-corrected chi connectivity index (χ4v) is 2.62. The molecule has 0 aliphatic rings. The standard InChI is InChI=1S/C12H7Cl2N3O2S/c13-8-2-1-7(9(14)5-8)6-19-10-3-4-20-11(10)12(18)16-17-15/h1-5H,6H2. The van der Waals surface area contributed by atoms with Gasteiger partial charge in [0.05, 0.1) is 0 Å². The Morgan fingerprint density at radius 1 is 1.40 bits per heavy atom. The van der Waals surface area contributed by atoms with Crippen molar-refractivity contribution >= 4 is 40.4 Å². The van der Waals surface area contributed by atoms with Crippen LogP contribution in [0.1, 0.15) is 15.2 Å². The van der Waals surface area contributed by atoms with Crippen molar-refractivity contribution < 1.29 is 9.53 Å². The topological polar surface area (TPSA) is 75.1 Å². The predicted octanol–water partition coefficient (Wildman–Crippen LogP) is 5.08. The maximum atomic E-state index is 11.5. The van der Waals surface area contributed by atoms with Crippen LogP contribution in [0.5, 0.6) is 5.75 Å². The first-order valence-corrected chi connectivity index (χ1v) is 6.99. The predicted molar refractivity (Wildman–Crippen MR) is 78.6 cm³/mol. The van der Waals surface area contributed by atoms with Gasteiger partial charge in [0, 0.05) is 20.5 Å². The Balaban J connectivity index is 2.13. The monoisotopic (exact) mass is 327 g/mol. The summed E-state index contributed by atoms with van der Waals surface area (Å²) in [4.78, 5) is 14.2.